The molecule has 1 aliphatic heterocycles. The van der Waals surface area contributed by atoms with Gasteiger partial charge in [-0.15, -0.1) is 0 Å². The highest BCUT2D eigenvalue weighted by atomic mass is 19.4. The Hall–Kier alpha value is -1.52. The van der Waals surface area contributed by atoms with Crippen molar-refractivity contribution in [1.29, 1.82) is 0 Å². The molecule has 0 radical (unpaired) electrons. The lowest BCUT2D eigenvalue weighted by molar-refractivity contribution is -0.175. The van der Waals surface area contributed by atoms with E-state index in [0.717, 1.165) is 17.5 Å². The number of aldehydes is 1. The predicted octanol–water partition coefficient (Wildman–Crippen LogP) is 3.59. The number of carbonyl (C=O) groups excluding carboxylic acids is 1. The van der Waals surface area contributed by atoms with Crippen LogP contribution in [0.1, 0.15) is 28.8 Å². The minimum atomic E-state index is -4.13. The minimum Gasteiger partial charge on any atom is -0.371 e. The van der Waals surface area contributed by atoms with Crippen LogP contribution in [0, 0.1) is 12.8 Å². The van der Waals surface area contributed by atoms with E-state index in [1.807, 2.05) is 0 Å². The molecule has 0 spiro atoms. The number of alkyl halides is 3. The molecule has 0 aromatic heterocycles. The van der Waals surface area contributed by atoms with E-state index < -0.39 is 12.1 Å². The van der Waals surface area contributed by atoms with Crippen molar-refractivity contribution in [2.75, 3.05) is 18.0 Å². The molecular weight excluding hydrogens is 255 g/mol. The highest BCUT2D eigenvalue weighted by molar-refractivity contribution is 5.78. The van der Waals surface area contributed by atoms with Crippen LogP contribution in [0.15, 0.2) is 18.2 Å². The summed E-state index contributed by atoms with van der Waals surface area (Å²) < 4.78 is 38.3. The summed E-state index contributed by atoms with van der Waals surface area (Å²) in [6.07, 6.45) is -2.63. The van der Waals surface area contributed by atoms with E-state index in [4.69, 9.17) is 0 Å². The summed E-state index contributed by atoms with van der Waals surface area (Å²) in [6.45, 7) is 2.42. The molecule has 2 rings (SSSR count). The van der Waals surface area contributed by atoms with Gasteiger partial charge in [0.05, 0.1) is 5.92 Å². The molecular formula is C14H16F3NO. The standard InChI is InChI=1S/C14H16F3NO/c1-10-7-13(5-4-11(10)9-19)18-6-2-3-12(8-18)14(15,16)17/h4-5,7,9,12H,2-3,6,8H2,1H3. The van der Waals surface area contributed by atoms with Crippen LogP contribution in [0.2, 0.25) is 0 Å². The van der Waals surface area contributed by atoms with E-state index in [0.29, 0.717) is 18.5 Å². The molecule has 5 heteroatoms. The lowest BCUT2D eigenvalue weighted by Crippen LogP contribution is -2.41. The van der Waals surface area contributed by atoms with E-state index in [1.54, 1.807) is 30.0 Å². The van der Waals surface area contributed by atoms with Crippen molar-refractivity contribution in [1.82, 2.24) is 0 Å². The Morgan fingerprint density at radius 1 is 1.37 bits per heavy atom. The maximum atomic E-state index is 12.8. The summed E-state index contributed by atoms with van der Waals surface area (Å²) in [4.78, 5) is 12.5. The van der Waals surface area contributed by atoms with Gasteiger partial charge in [-0.3, -0.25) is 4.79 Å². The van der Waals surface area contributed by atoms with Crippen LogP contribution in [0.5, 0.6) is 0 Å². The molecule has 1 aliphatic rings. The summed E-state index contributed by atoms with van der Waals surface area (Å²) >= 11 is 0. The van der Waals surface area contributed by atoms with Crippen LogP contribution in [-0.2, 0) is 0 Å². The second kappa shape index (κ2) is 5.23. The Morgan fingerprint density at radius 2 is 2.11 bits per heavy atom. The van der Waals surface area contributed by atoms with Crippen LogP contribution < -0.4 is 4.90 Å². The molecule has 0 saturated carbocycles. The zero-order valence-electron chi connectivity index (χ0n) is 10.7. The third kappa shape index (κ3) is 3.08. The van der Waals surface area contributed by atoms with Crippen LogP contribution in [0.3, 0.4) is 0 Å². The van der Waals surface area contributed by atoms with E-state index in [9.17, 15) is 18.0 Å². The van der Waals surface area contributed by atoms with Crippen molar-refractivity contribution in [3.8, 4) is 0 Å². The van der Waals surface area contributed by atoms with Crippen LogP contribution in [0.4, 0.5) is 18.9 Å². The summed E-state index contributed by atoms with van der Waals surface area (Å²) in [5, 5.41) is 0. The van der Waals surface area contributed by atoms with Crippen molar-refractivity contribution < 1.29 is 18.0 Å². The fourth-order valence-electron chi connectivity index (χ4n) is 2.47. The first-order valence-corrected chi connectivity index (χ1v) is 6.29. The molecule has 0 bridgehead atoms. The second-order valence-electron chi connectivity index (χ2n) is 4.99. The molecule has 1 heterocycles. The highest BCUT2D eigenvalue weighted by Crippen LogP contribution is 2.35. The monoisotopic (exact) mass is 271 g/mol. The fraction of sp³-hybridized carbons (Fsp3) is 0.500. The maximum absolute atomic E-state index is 12.8. The number of halogens is 3. The van der Waals surface area contributed by atoms with E-state index in [2.05, 4.69) is 0 Å². The first kappa shape index (κ1) is 13.9. The Bertz CT molecular complexity index is 470. The van der Waals surface area contributed by atoms with Gasteiger partial charge in [0.25, 0.3) is 0 Å². The molecule has 104 valence electrons. The third-order valence-corrected chi connectivity index (χ3v) is 3.63. The van der Waals surface area contributed by atoms with Gasteiger partial charge in [-0.2, -0.15) is 13.2 Å². The molecule has 1 saturated heterocycles. The number of benzene rings is 1. The minimum absolute atomic E-state index is 0.00335. The number of hydrogen-bond acceptors (Lipinski definition) is 2. The predicted molar refractivity (Wildman–Crippen MR) is 67.6 cm³/mol. The number of nitrogens with zero attached hydrogens (tertiary/aromatic N) is 1. The van der Waals surface area contributed by atoms with Crippen LogP contribution in [0.25, 0.3) is 0 Å². The van der Waals surface area contributed by atoms with Gasteiger partial charge in [-0.25, -0.2) is 0 Å². The average Bonchev–Trinajstić information content (AvgIpc) is 2.38. The van der Waals surface area contributed by atoms with Crippen molar-refractivity contribution in [2.45, 2.75) is 25.9 Å². The lowest BCUT2D eigenvalue weighted by atomic mass is 9.96. The first-order chi connectivity index (χ1) is 8.91. The maximum Gasteiger partial charge on any atom is 0.393 e. The largest absolute Gasteiger partial charge is 0.393 e. The average molecular weight is 271 g/mol. The summed E-state index contributed by atoms with van der Waals surface area (Å²) in [5.74, 6) is -1.26. The van der Waals surface area contributed by atoms with Gasteiger partial charge >= 0.3 is 6.18 Å². The quantitative estimate of drug-likeness (QED) is 0.766. The Labute approximate surface area is 110 Å². The molecule has 1 aromatic rings. The smallest absolute Gasteiger partial charge is 0.371 e. The zero-order chi connectivity index (χ0) is 14.0. The van der Waals surface area contributed by atoms with Crippen molar-refractivity contribution in [3.05, 3.63) is 29.3 Å². The highest BCUT2D eigenvalue weighted by Gasteiger charge is 2.41. The van der Waals surface area contributed by atoms with Gasteiger partial charge in [-0.05, 0) is 43.5 Å². The summed E-state index contributed by atoms with van der Waals surface area (Å²) in [6, 6.07) is 5.16. The Kier molecular flexibility index (Phi) is 3.83. The normalized spacial score (nSPS) is 20.4. The number of carbonyl (C=O) groups is 1. The Balaban J connectivity index is 2.17. The number of piperidine rings is 1. The van der Waals surface area contributed by atoms with Gasteiger partial charge in [0.2, 0.25) is 0 Å². The summed E-state index contributed by atoms with van der Waals surface area (Å²) in [7, 11) is 0. The van der Waals surface area contributed by atoms with E-state index >= 15 is 0 Å². The lowest BCUT2D eigenvalue weighted by Gasteiger charge is -2.35. The van der Waals surface area contributed by atoms with E-state index in [1.165, 1.54) is 0 Å². The van der Waals surface area contributed by atoms with Gasteiger partial charge in [0.15, 0.2) is 0 Å². The van der Waals surface area contributed by atoms with Gasteiger partial charge in [-0.1, -0.05) is 0 Å². The van der Waals surface area contributed by atoms with Crippen LogP contribution in [-0.4, -0.2) is 25.6 Å². The molecule has 2 nitrogen and oxygen atoms in total. The molecule has 1 unspecified atom stereocenters. The molecule has 1 atom stereocenters. The number of aryl methyl sites for hydroxylation is 1. The van der Waals surface area contributed by atoms with E-state index in [-0.39, 0.29) is 13.0 Å². The Morgan fingerprint density at radius 3 is 2.68 bits per heavy atom. The van der Waals surface area contributed by atoms with Crippen molar-refractivity contribution in [3.63, 3.8) is 0 Å². The van der Waals surface area contributed by atoms with Crippen molar-refractivity contribution in [2.24, 2.45) is 5.92 Å². The molecule has 0 aliphatic carbocycles. The second-order valence-corrected chi connectivity index (χ2v) is 4.99. The molecule has 1 aromatic carbocycles. The topological polar surface area (TPSA) is 20.3 Å². The zero-order valence-corrected chi connectivity index (χ0v) is 10.7. The van der Waals surface area contributed by atoms with Gasteiger partial charge in [0.1, 0.15) is 6.29 Å². The van der Waals surface area contributed by atoms with Crippen molar-refractivity contribution >= 4 is 12.0 Å². The molecule has 19 heavy (non-hydrogen) atoms. The fourth-order valence-corrected chi connectivity index (χ4v) is 2.47. The van der Waals surface area contributed by atoms with Gasteiger partial charge in [0, 0.05) is 24.3 Å². The number of anilines is 1. The van der Waals surface area contributed by atoms with Gasteiger partial charge < -0.3 is 4.90 Å². The third-order valence-electron chi connectivity index (χ3n) is 3.63. The number of rotatable bonds is 2. The molecule has 1 fully saturated rings. The first-order valence-electron chi connectivity index (χ1n) is 6.29. The summed E-state index contributed by atoms with van der Waals surface area (Å²) in [5.41, 5.74) is 2.13. The van der Waals surface area contributed by atoms with Crippen LogP contribution >= 0.6 is 0 Å². The SMILES string of the molecule is Cc1cc(N2CCCC(C(F)(F)F)C2)ccc1C=O. The number of hydrogen-bond donors (Lipinski definition) is 0. The molecule has 0 amide bonds. The molecule has 0 N–H and O–H groups in total.